The Morgan fingerprint density at radius 3 is 2.09 bits per heavy atom. The van der Waals surface area contributed by atoms with Gasteiger partial charge in [-0.25, -0.2) is 4.79 Å². The standard InChI is InChI=1S/C33H60O8Si2/c1-13-43(14-2,15-3)41-23-18-31(10)17-16-24(35)32(37,20-34)26(31)27-33(39-28(36)38-27)19-22(21(4)25(23)30(33,8)9)40-42(11,12)29(5,6)7/h22-24,26-27,34-35,37H,13-20H2,1-12H3/t22-,23+,24-,26-,27-,31-,32-,33+/m0/s1. The van der Waals surface area contributed by atoms with Crippen LogP contribution in [0.4, 0.5) is 4.79 Å². The monoisotopic (exact) mass is 640 g/mol. The fraction of sp³-hybridized carbons (Fsp3) is 0.909. The van der Waals surface area contributed by atoms with E-state index in [-0.39, 0.29) is 17.2 Å². The summed E-state index contributed by atoms with van der Waals surface area (Å²) in [6.45, 7) is 25.7. The first kappa shape index (κ1) is 35.1. The van der Waals surface area contributed by atoms with Gasteiger partial charge in [0.25, 0.3) is 0 Å². The molecule has 0 radical (unpaired) electrons. The van der Waals surface area contributed by atoms with Crippen molar-refractivity contribution >= 4 is 22.8 Å². The van der Waals surface area contributed by atoms with Gasteiger partial charge in [-0.3, -0.25) is 0 Å². The number of hydrogen-bond acceptors (Lipinski definition) is 8. The fourth-order valence-corrected chi connectivity index (χ4v) is 13.1. The zero-order chi connectivity index (χ0) is 32.6. The average molecular weight is 641 g/mol. The van der Waals surface area contributed by atoms with E-state index in [9.17, 15) is 20.1 Å². The van der Waals surface area contributed by atoms with Gasteiger partial charge in [0.15, 0.2) is 28.3 Å². The van der Waals surface area contributed by atoms with Gasteiger partial charge in [-0.15, -0.1) is 0 Å². The van der Waals surface area contributed by atoms with Gasteiger partial charge in [0.2, 0.25) is 0 Å². The molecular weight excluding hydrogens is 581 g/mol. The molecule has 4 aliphatic rings. The van der Waals surface area contributed by atoms with E-state index in [1.807, 2.05) is 0 Å². The first-order chi connectivity index (χ1) is 19.6. The largest absolute Gasteiger partial charge is 0.509 e. The van der Waals surface area contributed by atoms with Crippen molar-refractivity contribution in [3.63, 3.8) is 0 Å². The maximum atomic E-state index is 13.3. The van der Waals surface area contributed by atoms with Crippen molar-refractivity contribution in [1.29, 1.82) is 0 Å². The molecular formula is C33H60O8Si2. The summed E-state index contributed by atoms with van der Waals surface area (Å²) in [6.07, 6.45) is -1.59. The van der Waals surface area contributed by atoms with Crippen LogP contribution in [0.1, 0.15) is 94.9 Å². The zero-order valence-electron chi connectivity index (χ0n) is 28.9. The summed E-state index contributed by atoms with van der Waals surface area (Å²) in [4.78, 5) is 13.3. The molecule has 8 nitrogen and oxygen atoms in total. The number of ether oxygens (including phenoxy) is 2. The Kier molecular flexibility index (Phi) is 9.14. The Morgan fingerprint density at radius 1 is 1.00 bits per heavy atom. The van der Waals surface area contributed by atoms with E-state index < -0.39 is 69.6 Å². The van der Waals surface area contributed by atoms with Crippen LogP contribution in [-0.4, -0.2) is 80.3 Å². The molecule has 0 aromatic heterocycles. The van der Waals surface area contributed by atoms with Gasteiger partial charge in [0.05, 0.1) is 24.9 Å². The minimum atomic E-state index is -2.28. The second-order valence-corrected chi connectivity index (χ2v) is 25.9. The van der Waals surface area contributed by atoms with Gasteiger partial charge >= 0.3 is 6.16 Å². The molecule has 10 heteroatoms. The molecule has 248 valence electrons. The number of aliphatic hydroxyl groups is 3. The summed E-state index contributed by atoms with van der Waals surface area (Å²) in [6, 6.07) is 2.95. The molecule has 4 rings (SSSR count). The molecule has 2 bridgehead atoms. The van der Waals surface area contributed by atoms with Crippen LogP contribution in [0, 0.1) is 16.7 Å². The Hall–Kier alpha value is -0.756. The van der Waals surface area contributed by atoms with E-state index in [2.05, 4.69) is 82.3 Å². The highest BCUT2D eigenvalue weighted by Crippen LogP contribution is 2.66. The lowest BCUT2D eigenvalue weighted by Crippen LogP contribution is -2.72. The van der Waals surface area contributed by atoms with Crippen LogP contribution in [0.3, 0.4) is 0 Å². The Balaban J connectivity index is 2.05. The predicted octanol–water partition coefficient (Wildman–Crippen LogP) is 6.69. The third kappa shape index (κ3) is 5.23. The number of hydrogen-bond donors (Lipinski definition) is 3. The summed E-state index contributed by atoms with van der Waals surface area (Å²) in [7, 11) is -4.44. The van der Waals surface area contributed by atoms with Crippen molar-refractivity contribution in [2.45, 2.75) is 167 Å². The van der Waals surface area contributed by atoms with Crippen molar-refractivity contribution in [3.8, 4) is 0 Å². The maximum Gasteiger partial charge on any atom is 0.509 e. The Morgan fingerprint density at radius 2 is 1.58 bits per heavy atom. The van der Waals surface area contributed by atoms with E-state index in [4.69, 9.17) is 18.3 Å². The Bertz CT molecular complexity index is 1100. The lowest BCUT2D eigenvalue weighted by atomic mass is 9.46. The molecule has 1 aliphatic heterocycles. The first-order valence-corrected chi connectivity index (χ1v) is 22.1. The second kappa shape index (κ2) is 11.2. The van der Waals surface area contributed by atoms with Gasteiger partial charge < -0.3 is 33.6 Å². The van der Waals surface area contributed by atoms with Crippen LogP contribution >= 0.6 is 0 Å². The molecule has 0 aromatic carbocycles. The highest BCUT2D eigenvalue weighted by Gasteiger charge is 2.74. The summed E-state index contributed by atoms with van der Waals surface area (Å²) < 4.78 is 27.2. The van der Waals surface area contributed by atoms with Crippen molar-refractivity contribution < 1.29 is 38.4 Å². The molecule has 1 spiro atoms. The molecule has 2 saturated carbocycles. The molecule has 1 saturated heterocycles. The van der Waals surface area contributed by atoms with Crippen LogP contribution in [-0.2, 0) is 18.3 Å². The van der Waals surface area contributed by atoms with E-state index in [1.54, 1.807) is 0 Å². The Labute approximate surface area is 262 Å². The van der Waals surface area contributed by atoms with Gasteiger partial charge in [-0.05, 0) is 79.0 Å². The van der Waals surface area contributed by atoms with Crippen LogP contribution in [0.2, 0.25) is 36.3 Å². The molecule has 43 heavy (non-hydrogen) atoms. The number of rotatable bonds is 8. The van der Waals surface area contributed by atoms with Crippen LogP contribution < -0.4 is 0 Å². The lowest BCUT2D eigenvalue weighted by Gasteiger charge is -2.63. The summed E-state index contributed by atoms with van der Waals surface area (Å²) >= 11 is 0. The lowest BCUT2D eigenvalue weighted by molar-refractivity contribution is -0.249. The topological polar surface area (TPSA) is 115 Å². The normalized spacial score (nSPS) is 39.8. The number of aliphatic hydroxyl groups excluding tert-OH is 2. The van der Waals surface area contributed by atoms with E-state index in [0.29, 0.717) is 25.7 Å². The maximum absolute atomic E-state index is 13.3. The minimum absolute atomic E-state index is 0.0410. The van der Waals surface area contributed by atoms with Crippen LogP contribution in [0.25, 0.3) is 0 Å². The van der Waals surface area contributed by atoms with Crippen molar-refractivity contribution in [2.24, 2.45) is 16.7 Å². The summed E-state index contributed by atoms with van der Waals surface area (Å²) in [5, 5.41) is 34.1. The molecule has 1 heterocycles. The van der Waals surface area contributed by atoms with Crippen LogP contribution in [0.5, 0.6) is 0 Å². The molecule has 3 aliphatic carbocycles. The second-order valence-electron chi connectivity index (χ2n) is 16.5. The van der Waals surface area contributed by atoms with Crippen molar-refractivity contribution in [3.05, 3.63) is 11.1 Å². The quantitative estimate of drug-likeness (QED) is 0.153. The highest BCUT2D eigenvalue weighted by atomic mass is 28.4. The number of carbonyl (C=O) groups excluding carboxylic acids is 1. The molecule has 0 aromatic rings. The highest BCUT2D eigenvalue weighted by molar-refractivity contribution is 6.74. The third-order valence-corrected chi connectivity index (χ3v) is 22.2. The fourth-order valence-electron chi connectivity index (χ4n) is 8.98. The van der Waals surface area contributed by atoms with Gasteiger partial charge in [0.1, 0.15) is 5.60 Å². The molecule has 3 N–H and O–H groups in total. The van der Waals surface area contributed by atoms with Gasteiger partial charge in [-0.2, -0.15) is 0 Å². The number of carbonyl (C=O) groups is 1. The van der Waals surface area contributed by atoms with Gasteiger partial charge in [-0.1, -0.05) is 62.3 Å². The predicted molar refractivity (Wildman–Crippen MR) is 173 cm³/mol. The van der Waals surface area contributed by atoms with Crippen molar-refractivity contribution in [1.82, 2.24) is 0 Å². The van der Waals surface area contributed by atoms with Crippen LogP contribution in [0.15, 0.2) is 11.1 Å². The third-order valence-electron chi connectivity index (χ3n) is 13.0. The summed E-state index contributed by atoms with van der Waals surface area (Å²) in [5.74, 6) is -0.778. The zero-order valence-corrected chi connectivity index (χ0v) is 30.9. The first-order valence-electron chi connectivity index (χ1n) is 16.6. The summed E-state index contributed by atoms with van der Waals surface area (Å²) in [5.41, 5.74) is -2.16. The average Bonchev–Trinajstić information content (AvgIpc) is 3.23. The van der Waals surface area contributed by atoms with E-state index in [0.717, 1.165) is 29.3 Å². The molecule has 8 atom stereocenters. The minimum Gasteiger partial charge on any atom is -0.426 e. The molecule has 0 amide bonds. The molecule has 0 unspecified atom stereocenters. The number of fused-ring (bicyclic) bond motifs is 3. The SMILES string of the molecule is CC[Si](CC)(CC)O[C@@H]1C[C@]2(C)CC[C@H](O)[C@@](O)(CO)[C@H]2[C@@H]2OC(=O)O[C@]23C[C@H](O[Si](C)(C)C(C)(C)C)C(C)=C1C3(C)C. The van der Waals surface area contributed by atoms with E-state index in [1.165, 1.54) is 0 Å². The van der Waals surface area contributed by atoms with Gasteiger partial charge in [0, 0.05) is 17.8 Å². The molecule has 3 fully saturated rings. The van der Waals surface area contributed by atoms with Crippen molar-refractivity contribution in [2.75, 3.05) is 6.61 Å². The smallest absolute Gasteiger partial charge is 0.426 e. The van der Waals surface area contributed by atoms with E-state index >= 15 is 0 Å².